The number of hydrogen-bond acceptors (Lipinski definition) is 0. The molecule has 0 aliphatic carbocycles. The molecule has 0 radical (unpaired) electrons. The molecule has 1 atom stereocenters. The molecule has 0 bridgehead atoms. The van der Waals surface area contributed by atoms with Gasteiger partial charge < -0.3 is 0 Å². The van der Waals surface area contributed by atoms with Crippen molar-refractivity contribution in [1.82, 2.24) is 0 Å². The van der Waals surface area contributed by atoms with Crippen LogP contribution in [0, 0.1) is 6.92 Å². The zero-order chi connectivity index (χ0) is 8.27. The van der Waals surface area contributed by atoms with E-state index in [1.807, 2.05) is 31.2 Å². The third-order valence-corrected chi connectivity index (χ3v) is 1.60. The van der Waals surface area contributed by atoms with Crippen LogP contribution >= 0.6 is 0 Å². The number of benzene rings is 1. The van der Waals surface area contributed by atoms with Crippen molar-refractivity contribution in [2.24, 2.45) is 0 Å². The fourth-order valence-corrected chi connectivity index (χ4v) is 1.16. The average molecular weight is 152 g/mol. The second-order valence-corrected chi connectivity index (χ2v) is 2.97. The first-order chi connectivity index (χ1) is 5.18. The summed E-state index contributed by atoms with van der Waals surface area (Å²) in [7, 11) is 0. The van der Waals surface area contributed by atoms with Gasteiger partial charge in [-0.3, -0.25) is 0 Å². The molecule has 0 aliphatic heterocycles. The minimum atomic E-state index is -0.739. The summed E-state index contributed by atoms with van der Waals surface area (Å²) in [6.45, 7) is 3.61. The number of hydrogen-bond donors (Lipinski definition) is 0. The Morgan fingerprint density at radius 3 is 2.73 bits per heavy atom. The summed E-state index contributed by atoms with van der Waals surface area (Å²) < 4.78 is 12.5. The molecule has 60 valence electrons. The largest absolute Gasteiger partial charge is 0.247 e. The van der Waals surface area contributed by atoms with Gasteiger partial charge in [-0.15, -0.1) is 0 Å². The molecule has 0 fully saturated rings. The molecule has 0 amide bonds. The standard InChI is InChI=1S/C10H13F/c1-8-4-3-5-10(6-8)7-9(2)11/h3-6,9H,7H2,1-2H3. The Balaban J connectivity index is 2.71. The highest BCUT2D eigenvalue weighted by Crippen LogP contribution is 2.07. The maximum Gasteiger partial charge on any atom is 0.101 e. The lowest BCUT2D eigenvalue weighted by atomic mass is 10.1. The van der Waals surface area contributed by atoms with Crippen molar-refractivity contribution in [3.05, 3.63) is 35.4 Å². The number of halogens is 1. The summed E-state index contributed by atoms with van der Waals surface area (Å²) in [5.74, 6) is 0. The van der Waals surface area contributed by atoms with Crippen LogP contribution in [0.25, 0.3) is 0 Å². The monoisotopic (exact) mass is 152 g/mol. The second-order valence-electron chi connectivity index (χ2n) is 2.97. The smallest absolute Gasteiger partial charge is 0.101 e. The first kappa shape index (κ1) is 8.25. The zero-order valence-electron chi connectivity index (χ0n) is 6.97. The van der Waals surface area contributed by atoms with E-state index in [1.54, 1.807) is 6.92 Å². The van der Waals surface area contributed by atoms with Crippen LogP contribution in [0.5, 0.6) is 0 Å². The van der Waals surface area contributed by atoms with Crippen molar-refractivity contribution in [2.45, 2.75) is 26.4 Å². The molecule has 0 N–H and O–H groups in total. The second kappa shape index (κ2) is 3.51. The predicted molar refractivity (Wildman–Crippen MR) is 45.5 cm³/mol. The Bertz CT molecular complexity index is 228. The summed E-state index contributed by atoms with van der Waals surface area (Å²) in [6, 6.07) is 7.97. The highest BCUT2D eigenvalue weighted by atomic mass is 19.1. The average Bonchev–Trinajstić information content (AvgIpc) is 1.85. The predicted octanol–water partition coefficient (Wildman–Crippen LogP) is 2.90. The molecule has 0 saturated heterocycles. The van der Waals surface area contributed by atoms with E-state index in [9.17, 15) is 4.39 Å². The number of alkyl halides is 1. The molecule has 1 rings (SSSR count). The highest BCUT2D eigenvalue weighted by Gasteiger charge is 1.99. The maximum atomic E-state index is 12.5. The van der Waals surface area contributed by atoms with E-state index in [-0.39, 0.29) is 0 Å². The van der Waals surface area contributed by atoms with Crippen LogP contribution in [0.2, 0.25) is 0 Å². The Labute approximate surface area is 67.1 Å². The maximum absolute atomic E-state index is 12.5. The zero-order valence-corrected chi connectivity index (χ0v) is 6.97. The molecule has 1 aromatic rings. The number of rotatable bonds is 2. The van der Waals surface area contributed by atoms with Gasteiger partial charge >= 0.3 is 0 Å². The SMILES string of the molecule is Cc1cccc(CC(C)F)c1. The molecule has 0 aromatic heterocycles. The molecular weight excluding hydrogens is 139 g/mol. The molecule has 1 heteroatoms. The lowest BCUT2D eigenvalue weighted by Crippen LogP contribution is -1.97. The Morgan fingerprint density at radius 2 is 2.18 bits per heavy atom. The molecule has 0 saturated carbocycles. The third-order valence-electron chi connectivity index (χ3n) is 1.60. The number of aryl methyl sites for hydroxylation is 1. The minimum absolute atomic E-state index is 0.529. The topological polar surface area (TPSA) is 0 Å². The Morgan fingerprint density at radius 1 is 1.45 bits per heavy atom. The summed E-state index contributed by atoms with van der Waals surface area (Å²) >= 11 is 0. The Hall–Kier alpha value is -0.850. The summed E-state index contributed by atoms with van der Waals surface area (Å²) in [4.78, 5) is 0. The first-order valence-electron chi connectivity index (χ1n) is 3.88. The van der Waals surface area contributed by atoms with E-state index in [0.717, 1.165) is 5.56 Å². The normalized spacial score (nSPS) is 13.0. The van der Waals surface area contributed by atoms with Crippen LogP contribution in [-0.2, 0) is 6.42 Å². The van der Waals surface area contributed by atoms with Crippen molar-refractivity contribution >= 4 is 0 Å². The van der Waals surface area contributed by atoms with Gasteiger partial charge in [0.05, 0.1) is 0 Å². The minimum Gasteiger partial charge on any atom is -0.247 e. The van der Waals surface area contributed by atoms with Crippen LogP contribution < -0.4 is 0 Å². The van der Waals surface area contributed by atoms with Gasteiger partial charge in [-0.1, -0.05) is 29.8 Å². The molecule has 11 heavy (non-hydrogen) atoms. The van der Waals surface area contributed by atoms with E-state index in [1.165, 1.54) is 5.56 Å². The molecule has 0 aliphatic rings. The first-order valence-corrected chi connectivity index (χ1v) is 3.88. The van der Waals surface area contributed by atoms with Crippen molar-refractivity contribution < 1.29 is 4.39 Å². The van der Waals surface area contributed by atoms with Gasteiger partial charge in [0.25, 0.3) is 0 Å². The van der Waals surface area contributed by atoms with Gasteiger partial charge in [0, 0.05) is 6.42 Å². The summed E-state index contributed by atoms with van der Waals surface area (Å²) in [5.41, 5.74) is 2.28. The van der Waals surface area contributed by atoms with Crippen molar-refractivity contribution in [1.29, 1.82) is 0 Å². The van der Waals surface area contributed by atoms with Crippen LogP contribution in [0.1, 0.15) is 18.1 Å². The fourth-order valence-electron chi connectivity index (χ4n) is 1.16. The van der Waals surface area contributed by atoms with Crippen molar-refractivity contribution in [3.8, 4) is 0 Å². The quantitative estimate of drug-likeness (QED) is 0.611. The summed E-state index contributed by atoms with van der Waals surface area (Å²) in [5, 5.41) is 0. The van der Waals surface area contributed by atoms with Gasteiger partial charge in [-0.05, 0) is 19.4 Å². The van der Waals surface area contributed by atoms with E-state index in [2.05, 4.69) is 0 Å². The molecule has 0 spiro atoms. The van der Waals surface area contributed by atoms with Gasteiger partial charge in [0.15, 0.2) is 0 Å². The lowest BCUT2D eigenvalue weighted by molar-refractivity contribution is 0.360. The lowest BCUT2D eigenvalue weighted by Gasteiger charge is -2.02. The summed E-state index contributed by atoms with van der Waals surface area (Å²) in [6.07, 6.45) is -0.210. The van der Waals surface area contributed by atoms with E-state index in [4.69, 9.17) is 0 Å². The van der Waals surface area contributed by atoms with Gasteiger partial charge in [-0.25, -0.2) is 4.39 Å². The van der Waals surface area contributed by atoms with Crippen molar-refractivity contribution in [2.75, 3.05) is 0 Å². The van der Waals surface area contributed by atoms with Crippen molar-refractivity contribution in [3.63, 3.8) is 0 Å². The van der Waals surface area contributed by atoms with Gasteiger partial charge in [0.2, 0.25) is 0 Å². The molecule has 0 heterocycles. The van der Waals surface area contributed by atoms with Gasteiger partial charge in [0.1, 0.15) is 6.17 Å². The molecule has 1 aromatic carbocycles. The molecular formula is C10H13F. The van der Waals surface area contributed by atoms with Gasteiger partial charge in [-0.2, -0.15) is 0 Å². The van der Waals surface area contributed by atoms with E-state index < -0.39 is 6.17 Å². The van der Waals surface area contributed by atoms with Crippen LogP contribution in [0.15, 0.2) is 24.3 Å². The Kier molecular flexibility index (Phi) is 2.64. The van der Waals surface area contributed by atoms with Crippen LogP contribution in [0.4, 0.5) is 4.39 Å². The highest BCUT2D eigenvalue weighted by molar-refractivity contribution is 5.22. The van der Waals surface area contributed by atoms with Crippen LogP contribution in [0.3, 0.4) is 0 Å². The molecule has 1 unspecified atom stereocenters. The molecule has 0 nitrogen and oxygen atoms in total. The fraction of sp³-hybridized carbons (Fsp3) is 0.400. The van der Waals surface area contributed by atoms with E-state index >= 15 is 0 Å². The third kappa shape index (κ3) is 2.71. The van der Waals surface area contributed by atoms with E-state index in [0.29, 0.717) is 6.42 Å². The van der Waals surface area contributed by atoms with Crippen LogP contribution in [-0.4, -0.2) is 6.17 Å².